The second-order valence-corrected chi connectivity index (χ2v) is 5.85. The van der Waals surface area contributed by atoms with Crippen molar-refractivity contribution in [3.05, 3.63) is 11.8 Å². The van der Waals surface area contributed by atoms with E-state index in [1.165, 1.54) is 4.90 Å². The van der Waals surface area contributed by atoms with Crippen LogP contribution in [0.25, 0.3) is 0 Å². The Kier molecular flexibility index (Phi) is 8.05. The normalized spacial score (nSPS) is 14.9. The molecule has 0 atom stereocenters. The number of carbonyl (C=O) groups is 2. The predicted molar refractivity (Wildman–Crippen MR) is 89.6 cm³/mol. The first-order chi connectivity index (χ1) is 10.5. The predicted octanol–water partition coefficient (Wildman–Crippen LogP) is 1.58. The molecule has 1 saturated heterocycles. The van der Waals surface area contributed by atoms with E-state index >= 15 is 0 Å². The van der Waals surface area contributed by atoms with Gasteiger partial charge in [-0.15, -0.1) is 12.4 Å². The summed E-state index contributed by atoms with van der Waals surface area (Å²) in [7, 11) is 1.65. The smallest absolute Gasteiger partial charge is 0.245 e. The van der Waals surface area contributed by atoms with Gasteiger partial charge in [-0.25, -0.2) is 0 Å². The fourth-order valence-corrected chi connectivity index (χ4v) is 2.60. The molecule has 8 heteroatoms. The van der Waals surface area contributed by atoms with Gasteiger partial charge in [0.15, 0.2) is 5.82 Å². The topological polar surface area (TPSA) is 87.5 Å². The average molecular weight is 345 g/mol. The summed E-state index contributed by atoms with van der Waals surface area (Å²) in [5.74, 6) is 1.35. The fraction of sp³-hybridized carbons (Fsp3) is 0.667. The lowest BCUT2D eigenvalue weighted by molar-refractivity contribution is -0.133. The minimum atomic E-state index is -0.272. The molecule has 0 saturated carbocycles. The van der Waals surface area contributed by atoms with Gasteiger partial charge in [0.25, 0.3) is 0 Å². The highest BCUT2D eigenvalue weighted by Gasteiger charge is 2.18. The molecular weight excluding hydrogens is 320 g/mol. The standard InChI is InChI=1S/C15H24N4O3.ClH/c1-11-9-13(18-22-11)17-14(20)10-19(2)15(21)4-3-12-5-7-16-8-6-12;/h9,12,16H,3-8,10H2,1-2H3,(H,17,18,20);1H. The van der Waals surface area contributed by atoms with Crippen LogP contribution in [0, 0.1) is 12.8 Å². The van der Waals surface area contributed by atoms with E-state index < -0.39 is 0 Å². The third-order valence-electron chi connectivity index (χ3n) is 3.93. The van der Waals surface area contributed by atoms with E-state index in [1.807, 2.05) is 0 Å². The van der Waals surface area contributed by atoms with Gasteiger partial charge in [0.05, 0.1) is 6.54 Å². The molecule has 2 rings (SSSR count). The fourth-order valence-electron chi connectivity index (χ4n) is 2.60. The van der Waals surface area contributed by atoms with E-state index in [4.69, 9.17) is 4.52 Å². The van der Waals surface area contributed by atoms with Crippen LogP contribution in [0.1, 0.15) is 31.4 Å². The summed E-state index contributed by atoms with van der Waals surface area (Å²) in [5.41, 5.74) is 0. The van der Waals surface area contributed by atoms with Crippen LogP contribution < -0.4 is 10.6 Å². The van der Waals surface area contributed by atoms with E-state index in [2.05, 4.69) is 15.8 Å². The first-order valence-corrected chi connectivity index (χ1v) is 7.72. The van der Waals surface area contributed by atoms with Crippen LogP contribution in [0.3, 0.4) is 0 Å². The summed E-state index contributed by atoms with van der Waals surface area (Å²) in [6.07, 6.45) is 3.65. The first-order valence-electron chi connectivity index (χ1n) is 7.72. The Morgan fingerprint density at radius 3 is 2.74 bits per heavy atom. The zero-order valence-electron chi connectivity index (χ0n) is 13.6. The highest BCUT2D eigenvalue weighted by Crippen LogP contribution is 2.18. The van der Waals surface area contributed by atoms with Crippen LogP contribution in [0.15, 0.2) is 10.6 Å². The monoisotopic (exact) mass is 344 g/mol. The van der Waals surface area contributed by atoms with Gasteiger partial charge in [0, 0.05) is 19.5 Å². The summed E-state index contributed by atoms with van der Waals surface area (Å²) < 4.78 is 4.87. The van der Waals surface area contributed by atoms with Gasteiger partial charge in [-0.2, -0.15) is 0 Å². The van der Waals surface area contributed by atoms with Gasteiger partial charge < -0.3 is 20.1 Å². The number of piperidine rings is 1. The van der Waals surface area contributed by atoms with Gasteiger partial charge >= 0.3 is 0 Å². The number of carbonyl (C=O) groups excluding carboxylic acids is 2. The van der Waals surface area contributed by atoms with Crippen LogP contribution in [-0.4, -0.2) is 48.6 Å². The zero-order chi connectivity index (χ0) is 15.9. The number of nitrogens with zero attached hydrogens (tertiary/aromatic N) is 2. The Hall–Kier alpha value is -1.60. The summed E-state index contributed by atoms with van der Waals surface area (Å²) >= 11 is 0. The van der Waals surface area contributed by atoms with Crippen molar-refractivity contribution in [3.8, 4) is 0 Å². The molecule has 0 aliphatic carbocycles. The van der Waals surface area contributed by atoms with Crippen LogP contribution >= 0.6 is 12.4 Å². The maximum atomic E-state index is 12.1. The minimum Gasteiger partial charge on any atom is -0.360 e. The molecule has 2 amide bonds. The molecule has 0 bridgehead atoms. The molecule has 1 aliphatic heterocycles. The lowest BCUT2D eigenvalue weighted by Gasteiger charge is -2.23. The van der Waals surface area contributed by atoms with E-state index in [0.29, 0.717) is 23.9 Å². The molecule has 0 spiro atoms. The summed E-state index contributed by atoms with van der Waals surface area (Å²) in [4.78, 5) is 25.4. The molecule has 1 aromatic heterocycles. The molecule has 130 valence electrons. The summed E-state index contributed by atoms with van der Waals surface area (Å²) in [6, 6.07) is 1.64. The lowest BCUT2D eigenvalue weighted by atomic mass is 9.93. The molecule has 1 aromatic rings. The number of aryl methyl sites for hydroxylation is 1. The molecule has 1 aliphatic rings. The van der Waals surface area contributed by atoms with Crippen LogP contribution in [-0.2, 0) is 9.59 Å². The second-order valence-electron chi connectivity index (χ2n) is 5.85. The maximum Gasteiger partial charge on any atom is 0.245 e. The van der Waals surface area contributed by atoms with E-state index in [-0.39, 0.29) is 30.8 Å². The van der Waals surface area contributed by atoms with E-state index in [0.717, 1.165) is 32.4 Å². The Morgan fingerprint density at radius 1 is 1.43 bits per heavy atom. The van der Waals surface area contributed by atoms with Crippen LogP contribution in [0.2, 0.25) is 0 Å². The molecule has 0 unspecified atom stereocenters. The molecule has 7 nitrogen and oxygen atoms in total. The van der Waals surface area contributed by atoms with Crippen molar-refractivity contribution < 1.29 is 14.1 Å². The van der Waals surface area contributed by atoms with Gasteiger partial charge in [-0.1, -0.05) is 5.16 Å². The van der Waals surface area contributed by atoms with Gasteiger partial charge in [0.2, 0.25) is 11.8 Å². The number of amides is 2. The maximum absolute atomic E-state index is 12.1. The number of anilines is 1. The van der Waals surface area contributed by atoms with Crippen molar-refractivity contribution in [1.82, 2.24) is 15.4 Å². The number of nitrogens with one attached hydrogen (secondary N) is 2. The third kappa shape index (κ3) is 6.58. The number of rotatable bonds is 6. The molecule has 23 heavy (non-hydrogen) atoms. The highest BCUT2D eigenvalue weighted by molar-refractivity contribution is 5.93. The third-order valence-corrected chi connectivity index (χ3v) is 3.93. The average Bonchev–Trinajstić information content (AvgIpc) is 2.90. The van der Waals surface area contributed by atoms with Gasteiger partial charge in [0.1, 0.15) is 5.76 Å². The number of halogens is 1. The van der Waals surface area contributed by atoms with E-state index in [9.17, 15) is 9.59 Å². The van der Waals surface area contributed by atoms with Gasteiger partial charge in [-0.3, -0.25) is 9.59 Å². The Morgan fingerprint density at radius 2 is 2.13 bits per heavy atom. The lowest BCUT2D eigenvalue weighted by Crippen LogP contribution is -2.35. The molecule has 0 aromatic carbocycles. The zero-order valence-corrected chi connectivity index (χ0v) is 14.4. The van der Waals surface area contributed by atoms with Crippen molar-refractivity contribution in [1.29, 1.82) is 0 Å². The summed E-state index contributed by atoms with van der Waals surface area (Å²) in [6.45, 7) is 3.85. The van der Waals surface area contributed by atoms with E-state index in [1.54, 1.807) is 20.0 Å². The van der Waals surface area contributed by atoms with Crippen LogP contribution in [0.4, 0.5) is 5.82 Å². The number of likely N-dealkylation sites (N-methyl/N-ethyl adjacent to an activating group) is 1. The second kappa shape index (κ2) is 9.52. The van der Waals surface area contributed by atoms with Gasteiger partial charge in [-0.05, 0) is 45.2 Å². The molecular formula is C15H25ClN4O3. The Balaban J connectivity index is 0.00000264. The minimum absolute atomic E-state index is 0. The number of hydrogen-bond acceptors (Lipinski definition) is 5. The van der Waals surface area contributed by atoms with Crippen molar-refractivity contribution >= 4 is 30.0 Å². The highest BCUT2D eigenvalue weighted by atomic mass is 35.5. The SMILES string of the molecule is Cc1cc(NC(=O)CN(C)C(=O)CCC2CCNCC2)no1.Cl. The molecule has 2 heterocycles. The van der Waals surface area contributed by atoms with Crippen molar-refractivity contribution in [3.63, 3.8) is 0 Å². The number of hydrogen-bond donors (Lipinski definition) is 2. The molecule has 0 radical (unpaired) electrons. The Bertz CT molecular complexity index is 515. The number of aromatic nitrogens is 1. The molecule has 1 fully saturated rings. The Labute approximate surface area is 142 Å². The summed E-state index contributed by atoms with van der Waals surface area (Å²) in [5, 5.41) is 9.61. The van der Waals surface area contributed by atoms with Crippen molar-refractivity contribution in [2.24, 2.45) is 5.92 Å². The quantitative estimate of drug-likeness (QED) is 0.818. The van der Waals surface area contributed by atoms with Crippen molar-refractivity contribution in [2.75, 3.05) is 32.0 Å². The van der Waals surface area contributed by atoms with Crippen LogP contribution in [0.5, 0.6) is 0 Å². The van der Waals surface area contributed by atoms with Crippen molar-refractivity contribution in [2.45, 2.75) is 32.6 Å². The largest absolute Gasteiger partial charge is 0.360 e. The first kappa shape index (κ1) is 19.4. The molecule has 2 N–H and O–H groups in total.